The maximum atomic E-state index is 3.55. The Morgan fingerprint density at radius 2 is 1.94 bits per heavy atom. The third kappa shape index (κ3) is 4.62. The standard InChI is InChI=1S/C16H29NS/c1-17-16(13-18-15-11-7-8-12-15)14-9-5-3-2-4-6-10-14/h9,15-17H,2-8,10-13H2,1H3. The third-order valence-corrected chi connectivity index (χ3v) is 5.89. The van der Waals surface area contributed by atoms with Crippen molar-refractivity contribution in [1.29, 1.82) is 0 Å². The van der Waals surface area contributed by atoms with Crippen LogP contribution in [0, 0.1) is 0 Å². The molecule has 0 radical (unpaired) electrons. The zero-order chi connectivity index (χ0) is 12.6. The van der Waals surface area contributed by atoms with Crippen LogP contribution in [0.1, 0.15) is 64.2 Å². The Morgan fingerprint density at radius 3 is 2.72 bits per heavy atom. The van der Waals surface area contributed by atoms with Crippen LogP contribution >= 0.6 is 11.8 Å². The highest BCUT2D eigenvalue weighted by atomic mass is 32.2. The molecule has 1 unspecified atom stereocenters. The predicted octanol–water partition coefficient (Wildman–Crippen LogP) is 4.53. The lowest BCUT2D eigenvalue weighted by Crippen LogP contribution is -2.31. The van der Waals surface area contributed by atoms with Gasteiger partial charge in [-0.3, -0.25) is 0 Å². The first-order chi connectivity index (χ1) is 8.90. The molecule has 0 saturated heterocycles. The van der Waals surface area contributed by atoms with Gasteiger partial charge in [-0.05, 0) is 45.6 Å². The molecule has 1 atom stereocenters. The van der Waals surface area contributed by atoms with Gasteiger partial charge in [0.25, 0.3) is 0 Å². The van der Waals surface area contributed by atoms with Gasteiger partial charge in [-0.2, -0.15) is 11.8 Å². The van der Waals surface area contributed by atoms with Crippen molar-refractivity contribution in [2.24, 2.45) is 0 Å². The van der Waals surface area contributed by atoms with Crippen LogP contribution in [0.3, 0.4) is 0 Å². The fourth-order valence-corrected chi connectivity index (χ4v) is 4.71. The molecule has 1 saturated carbocycles. The minimum atomic E-state index is 0.633. The number of allylic oxidation sites excluding steroid dienone is 1. The molecule has 2 rings (SSSR count). The summed E-state index contributed by atoms with van der Waals surface area (Å²) in [5, 5.41) is 4.51. The molecular weight excluding hydrogens is 238 g/mol. The van der Waals surface area contributed by atoms with Gasteiger partial charge in [0.2, 0.25) is 0 Å². The van der Waals surface area contributed by atoms with Gasteiger partial charge >= 0.3 is 0 Å². The molecule has 1 N–H and O–H groups in total. The van der Waals surface area contributed by atoms with E-state index in [1.165, 1.54) is 70.0 Å². The highest BCUT2D eigenvalue weighted by Crippen LogP contribution is 2.31. The van der Waals surface area contributed by atoms with E-state index in [0.717, 1.165) is 5.25 Å². The van der Waals surface area contributed by atoms with Gasteiger partial charge in [0.05, 0.1) is 0 Å². The van der Waals surface area contributed by atoms with Crippen LogP contribution < -0.4 is 5.32 Å². The van der Waals surface area contributed by atoms with E-state index in [9.17, 15) is 0 Å². The first kappa shape index (κ1) is 14.5. The van der Waals surface area contributed by atoms with E-state index in [0.29, 0.717) is 6.04 Å². The van der Waals surface area contributed by atoms with Gasteiger partial charge in [-0.25, -0.2) is 0 Å². The second-order valence-electron chi connectivity index (χ2n) is 5.81. The van der Waals surface area contributed by atoms with Crippen molar-refractivity contribution < 1.29 is 0 Å². The lowest BCUT2D eigenvalue weighted by molar-refractivity contribution is 0.583. The average molecular weight is 267 g/mol. The van der Waals surface area contributed by atoms with Gasteiger partial charge in [0, 0.05) is 17.0 Å². The lowest BCUT2D eigenvalue weighted by Gasteiger charge is -2.23. The molecule has 0 aromatic rings. The van der Waals surface area contributed by atoms with Crippen LogP contribution in [0.2, 0.25) is 0 Å². The number of nitrogens with one attached hydrogen (secondary N) is 1. The van der Waals surface area contributed by atoms with Gasteiger partial charge in [-0.15, -0.1) is 0 Å². The fraction of sp³-hybridized carbons (Fsp3) is 0.875. The van der Waals surface area contributed by atoms with E-state index in [1.54, 1.807) is 5.57 Å². The lowest BCUT2D eigenvalue weighted by atomic mass is 9.96. The van der Waals surface area contributed by atoms with Crippen molar-refractivity contribution in [3.8, 4) is 0 Å². The summed E-state index contributed by atoms with van der Waals surface area (Å²) in [4.78, 5) is 0. The zero-order valence-electron chi connectivity index (χ0n) is 11.9. The Bertz CT molecular complexity index is 256. The summed E-state index contributed by atoms with van der Waals surface area (Å²) in [5.74, 6) is 1.28. The van der Waals surface area contributed by atoms with Gasteiger partial charge in [0.1, 0.15) is 0 Å². The predicted molar refractivity (Wildman–Crippen MR) is 83.3 cm³/mol. The van der Waals surface area contributed by atoms with E-state index < -0.39 is 0 Å². The summed E-state index contributed by atoms with van der Waals surface area (Å²) in [5.41, 5.74) is 1.70. The van der Waals surface area contributed by atoms with Crippen LogP contribution in [0.25, 0.3) is 0 Å². The van der Waals surface area contributed by atoms with Crippen molar-refractivity contribution in [3.63, 3.8) is 0 Å². The molecule has 1 fully saturated rings. The van der Waals surface area contributed by atoms with Gasteiger partial charge < -0.3 is 5.32 Å². The maximum absolute atomic E-state index is 3.55. The van der Waals surface area contributed by atoms with Crippen molar-refractivity contribution in [2.75, 3.05) is 12.8 Å². The molecule has 1 nitrogen and oxygen atoms in total. The second-order valence-corrected chi connectivity index (χ2v) is 7.15. The summed E-state index contributed by atoms with van der Waals surface area (Å²) >= 11 is 2.22. The van der Waals surface area contributed by atoms with E-state index in [4.69, 9.17) is 0 Å². The van der Waals surface area contributed by atoms with Crippen molar-refractivity contribution >= 4 is 11.8 Å². The van der Waals surface area contributed by atoms with E-state index in [1.807, 2.05) is 0 Å². The van der Waals surface area contributed by atoms with E-state index in [-0.39, 0.29) is 0 Å². The highest BCUT2D eigenvalue weighted by molar-refractivity contribution is 7.99. The molecule has 0 bridgehead atoms. The van der Waals surface area contributed by atoms with Crippen molar-refractivity contribution in [1.82, 2.24) is 5.32 Å². The molecule has 2 heteroatoms. The summed E-state index contributed by atoms with van der Waals surface area (Å²) in [6.45, 7) is 0. The Kier molecular flexibility index (Phi) is 6.64. The van der Waals surface area contributed by atoms with E-state index in [2.05, 4.69) is 30.2 Å². The Morgan fingerprint density at radius 1 is 1.17 bits per heavy atom. The molecular formula is C16H29NS. The molecule has 0 amide bonds. The minimum Gasteiger partial charge on any atom is -0.313 e. The van der Waals surface area contributed by atoms with Gasteiger partial charge in [-0.1, -0.05) is 37.3 Å². The molecule has 0 heterocycles. The summed E-state index contributed by atoms with van der Waals surface area (Å²) in [6, 6.07) is 0.633. The topological polar surface area (TPSA) is 12.0 Å². The fourth-order valence-electron chi connectivity index (χ4n) is 3.20. The van der Waals surface area contributed by atoms with Gasteiger partial charge in [0.15, 0.2) is 0 Å². The number of hydrogen-bond acceptors (Lipinski definition) is 2. The Labute approximate surface area is 117 Å². The van der Waals surface area contributed by atoms with Crippen molar-refractivity contribution in [3.05, 3.63) is 11.6 Å². The smallest absolute Gasteiger partial charge is 0.0368 e. The number of hydrogen-bond donors (Lipinski definition) is 1. The molecule has 0 spiro atoms. The maximum Gasteiger partial charge on any atom is 0.0368 e. The zero-order valence-corrected chi connectivity index (χ0v) is 12.7. The molecule has 0 aromatic carbocycles. The summed E-state index contributed by atoms with van der Waals surface area (Å²) in [6.07, 6.45) is 16.7. The quantitative estimate of drug-likeness (QED) is 0.734. The number of rotatable bonds is 5. The molecule has 2 aliphatic carbocycles. The normalized spacial score (nSPS) is 24.4. The third-order valence-electron chi connectivity index (χ3n) is 4.42. The molecule has 0 aliphatic heterocycles. The highest BCUT2D eigenvalue weighted by Gasteiger charge is 2.19. The molecule has 0 aromatic heterocycles. The SMILES string of the molecule is CNC(CSC1CCCC1)C1=CCCCCCC1. The Balaban J connectivity index is 1.81. The number of likely N-dealkylation sites (N-methyl/N-ethyl adjacent to an activating group) is 1. The van der Waals surface area contributed by atoms with Crippen LogP contribution in [-0.4, -0.2) is 24.1 Å². The summed E-state index contributed by atoms with van der Waals surface area (Å²) < 4.78 is 0. The summed E-state index contributed by atoms with van der Waals surface area (Å²) in [7, 11) is 2.14. The Hall–Kier alpha value is 0.0500. The molecule has 104 valence electrons. The first-order valence-electron chi connectivity index (χ1n) is 7.88. The van der Waals surface area contributed by atoms with Crippen LogP contribution in [0.4, 0.5) is 0 Å². The largest absolute Gasteiger partial charge is 0.313 e. The number of thioether (sulfide) groups is 1. The monoisotopic (exact) mass is 267 g/mol. The average Bonchev–Trinajstić information content (AvgIpc) is 2.84. The molecule has 18 heavy (non-hydrogen) atoms. The van der Waals surface area contributed by atoms with E-state index >= 15 is 0 Å². The van der Waals surface area contributed by atoms with Crippen LogP contribution in [-0.2, 0) is 0 Å². The first-order valence-corrected chi connectivity index (χ1v) is 8.93. The minimum absolute atomic E-state index is 0.633. The van der Waals surface area contributed by atoms with Crippen LogP contribution in [0.15, 0.2) is 11.6 Å². The van der Waals surface area contributed by atoms with Crippen molar-refractivity contribution in [2.45, 2.75) is 75.5 Å². The van der Waals surface area contributed by atoms with Crippen LogP contribution in [0.5, 0.6) is 0 Å². The second kappa shape index (κ2) is 8.27. The molecule has 2 aliphatic rings.